The number of anilines is 2. The van der Waals surface area contributed by atoms with Gasteiger partial charge in [0.05, 0.1) is 0 Å². The molecule has 0 spiro atoms. The maximum Gasteiger partial charge on any atom is 0.0367 e. The largest absolute Gasteiger partial charge is 0.372 e. The van der Waals surface area contributed by atoms with Gasteiger partial charge in [0.25, 0.3) is 0 Å². The number of benzene rings is 3. The normalized spacial score (nSPS) is 10.6. The molecule has 0 aliphatic heterocycles. The van der Waals surface area contributed by atoms with Crippen molar-refractivity contribution < 1.29 is 0 Å². The standard InChI is InChI=1S/C46H52N2S2/c1-5-9-29-47(30-10-6-2)41-25-19-37(20-26-41)17-23-39-35-44(46-16-14-34-50-46)40(36-43(39)45-15-13-33-49-45)24-18-38-21-27-42(28-22-38)48(31-11-7-3)32-12-8-4/h13-16,19-22,25-28,33-36H,5-12,29-32H2,1-4H3. The third kappa shape index (κ3) is 10.4. The molecule has 0 radical (unpaired) electrons. The summed E-state index contributed by atoms with van der Waals surface area (Å²) in [7, 11) is 0. The summed E-state index contributed by atoms with van der Waals surface area (Å²) in [4.78, 5) is 7.46. The monoisotopic (exact) mass is 696 g/mol. The van der Waals surface area contributed by atoms with E-state index >= 15 is 0 Å². The van der Waals surface area contributed by atoms with Crippen LogP contribution in [0.2, 0.25) is 0 Å². The third-order valence-corrected chi connectivity index (χ3v) is 10.8. The second-order valence-electron chi connectivity index (χ2n) is 12.9. The number of hydrogen-bond acceptors (Lipinski definition) is 4. The molecule has 2 nitrogen and oxygen atoms in total. The zero-order valence-corrected chi connectivity index (χ0v) is 32.1. The zero-order valence-electron chi connectivity index (χ0n) is 30.4. The summed E-state index contributed by atoms with van der Waals surface area (Å²) in [6, 6.07) is 30.8. The Hall–Kier alpha value is -4.22. The summed E-state index contributed by atoms with van der Waals surface area (Å²) in [6.45, 7) is 13.5. The molecule has 0 amide bonds. The number of rotatable bonds is 16. The Bertz CT molecular complexity index is 1690. The van der Waals surface area contributed by atoms with Crippen LogP contribution in [0, 0.1) is 23.7 Å². The Morgan fingerprint density at radius 2 is 0.820 bits per heavy atom. The highest BCUT2D eigenvalue weighted by molar-refractivity contribution is 7.14. The van der Waals surface area contributed by atoms with Gasteiger partial charge in [-0.3, -0.25) is 0 Å². The summed E-state index contributed by atoms with van der Waals surface area (Å²) >= 11 is 3.50. The smallest absolute Gasteiger partial charge is 0.0367 e. The van der Waals surface area contributed by atoms with Gasteiger partial charge in [0, 0.05) is 80.7 Å². The number of hydrogen-bond donors (Lipinski definition) is 0. The molecular weight excluding hydrogens is 645 g/mol. The molecule has 0 fully saturated rings. The van der Waals surface area contributed by atoms with Crippen molar-refractivity contribution in [1.82, 2.24) is 0 Å². The van der Waals surface area contributed by atoms with Crippen molar-refractivity contribution in [2.24, 2.45) is 0 Å². The predicted molar refractivity (Wildman–Crippen MR) is 222 cm³/mol. The van der Waals surface area contributed by atoms with Crippen molar-refractivity contribution in [3.8, 4) is 44.6 Å². The minimum atomic E-state index is 1.03. The SMILES string of the molecule is CCCCN(CCCC)c1ccc(C#Cc2cc(-c3cccs3)c(C#Cc3ccc(N(CCCC)CCCC)cc3)cc2-c2cccs2)cc1. The van der Waals surface area contributed by atoms with Gasteiger partial charge in [0.1, 0.15) is 0 Å². The lowest BCUT2D eigenvalue weighted by atomic mass is 9.96. The Kier molecular flexibility index (Phi) is 14.7. The van der Waals surface area contributed by atoms with Crippen molar-refractivity contribution in [3.05, 3.63) is 118 Å². The first kappa shape index (κ1) is 37.0. The first-order valence-corrected chi connectivity index (χ1v) is 20.4. The predicted octanol–water partition coefficient (Wildman–Crippen LogP) is 12.8. The van der Waals surface area contributed by atoms with Crippen LogP contribution in [-0.2, 0) is 0 Å². The minimum absolute atomic E-state index is 1.03. The van der Waals surface area contributed by atoms with E-state index in [9.17, 15) is 0 Å². The van der Waals surface area contributed by atoms with Gasteiger partial charge in [-0.2, -0.15) is 0 Å². The van der Waals surface area contributed by atoms with E-state index in [0.29, 0.717) is 0 Å². The molecule has 0 saturated heterocycles. The average Bonchev–Trinajstić information content (AvgIpc) is 3.90. The molecule has 0 atom stereocenters. The van der Waals surface area contributed by atoms with Crippen LogP contribution < -0.4 is 9.80 Å². The lowest BCUT2D eigenvalue weighted by Crippen LogP contribution is -2.25. The van der Waals surface area contributed by atoms with E-state index in [0.717, 1.165) is 59.6 Å². The average molecular weight is 697 g/mol. The minimum Gasteiger partial charge on any atom is -0.372 e. The first-order valence-electron chi connectivity index (χ1n) is 18.6. The van der Waals surface area contributed by atoms with Gasteiger partial charge < -0.3 is 9.80 Å². The van der Waals surface area contributed by atoms with E-state index < -0.39 is 0 Å². The second kappa shape index (κ2) is 19.8. The maximum atomic E-state index is 3.58. The van der Waals surface area contributed by atoms with Crippen molar-refractivity contribution >= 4 is 34.0 Å². The first-order chi connectivity index (χ1) is 24.6. The second-order valence-corrected chi connectivity index (χ2v) is 14.8. The third-order valence-electron chi connectivity index (χ3n) is 9.01. The highest BCUT2D eigenvalue weighted by Gasteiger charge is 2.13. The maximum absolute atomic E-state index is 3.58. The van der Waals surface area contributed by atoms with E-state index in [1.54, 1.807) is 22.7 Å². The van der Waals surface area contributed by atoms with Gasteiger partial charge in [-0.1, -0.05) is 89.2 Å². The molecule has 3 aromatic carbocycles. The van der Waals surface area contributed by atoms with Crippen molar-refractivity contribution in [3.63, 3.8) is 0 Å². The van der Waals surface area contributed by atoms with Crippen molar-refractivity contribution in [2.45, 2.75) is 79.1 Å². The molecule has 2 aromatic heterocycles. The van der Waals surface area contributed by atoms with Gasteiger partial charge in [-0.25, -0.2) is 0 Å². The summed E-state index contributed by atoms with van der Waals surface area (Å²) < 4.78 is 0. The molecule has 0 unspecified atom stereocenters. The lowest BCUT2D eigenvalue weighted by molar-refractivity contribution is 0.678. The molecule has 2 heterocycles. The highest BCUT2D eigenvalue weighted by atomic mass is 32.1. The summed E-state index contributed by atoms with van der Waals surface area (Å²) in [5.41, 5.74) is 8.98. The van der Waals surface area contributed by atoms with Crippen LogP contribution in [0.5, 0.6) is 0 Å². The van der Waals surface area contributed by atoms with E-state index in [1.807, 2.05) is 0 Å². The molecule has 5 rings (SSSR count). The molecule has 0 saturated carbocycles. The zero-order chi connectivity index (χ0) is 35.0. The molecule has 0 aliphatic carbocycles. The molecule has 0 aliphatic rings. The van der Waals surface area contributed by atoms with Gasteiger partial charge >= 0.3 is 0 Å². The van der Waals surface area contributed by atoms with Crippen LogP contribution in [0.1, 0.15) is 101 Å². The van der Waals surface area contributed by atoms with Gasteiger partial charge in [0.15, 0.2) is 0 Å². The molecule has 0 bridgehead atoms. The van der Waals surface area contributed by atoms with Gasteiger partial charge in [-0.05, 0) is 109 Å². The van der Waals surface area contributed by atoms with E-state index in [2.05, 4.69) is 157 Å². The Morgan fingerprint density at radius 3 is 1.12 bits per heavy atom. The van der Waals surface area contributed by atoms with E-state index in [-0.39, 0.29) is 0 Å². The number of nitrogens with zero attached hydrogens (tertiary/aromatic N) is 2. The van der Waals surface area contributed by atoms with Crippen LogP contribution in [-0.4, -0.2) is 26.2 Å². The molecule has 258 valence electrons. The fourth-order valence-electron chi connectivity index (χ4n) is 6.00. The lowest BCUT2D eigenvalue weighted by Gasteiger charge is -2.24. The molecule has 50 heavy (non-hydrogen) atoms. The Morgan fingerprint density at radius 1 is 0.460 bits per heavy atom. The fraction of sp³-hybridized carbons (Fsp3) is 0.348. The molecule has 5 aromatic rings. The summed E-state index contributed by atoms with van der Waals surface area (Å²) in [5.74, 6) is 14.2. The fourth-order valence-corrected chi connectivity index (χ4v) is 7.52. The molecule has 0 N–H and O–H groups in total. The topological polar surface area (TPSA) is 6.48 Å². The van der Waals surface area contributed by atoms with Crippen LogP contribution in [0.4, 0.5) is 11.4 Å². The van der Waals surface area contributed by atoms with Gasteiger partial charge in [0.2, 0.25) is 0 Å². The van der Waals surface area contributed by atoms with Crippen LogP contribution in [0.25, 0.3) is 20.9 Å². The van der Waals surface area contributed by atoms with Gasteiger partial charge in [-0.15, -0.1) is 22.7 Å². The van der Waals surface area contributed by atoms with Crippen molar-refractivity contribution in [2.75, 3.05) is 36.0 Å². The quantitative estimate of drug-likeness (QED) is 0.0948. The van der Waals surface area contributed by atoms with Crippen molar-refractivity contribution in [1.29, 1.82) is 0 Å². The molecular formula is C46H52N2S2. The van der Waals surface area contributed by atoms with E-state index in [1.165, 1.54) is 72.5 Å². The Balaban J connectivity index is 1.47. The van der Waals surface area contributed by atoms with Crippen LogP contribution >= 0.6 is 22.7 Å². The van der Waals surface area contributed by atoms with Crippen LogP contribution in [0.15, 0.2) is 95.7 Å². The van der Waals surface area contributed by atoms with E-state index in [4.69, 9.17) is 0 Å². The highest BCUT2D eigenvalue weighted by Crippen LogP contribution is 2.36. The summed E-state index contributed by atoms with van der Waals surface area (Å²) in [5, 5.41) is 4.27. The van der Waals surface area contributed by atoms with Crippen LogP contribution in [0.3, 0.4) is 0 Å². The summed E-state index contributed by atoms with van der Waals surface area (Å²) in [6.07, 6.45) is 9.70. The number of unbranched alkanes of at least 4 members (excludes halogenated alkanes) is 4. The number of thiophene rings is 2. The Labute approximate surface area is 310 Å². The molecule has 4 heteroatoms.